The van der Waals surface area contributed by atoms with Crippen LogP contribution in [-0.4, -0.2) is 77.1 Å². The SMILES string of the molecule is CN1CCN(C(=O)C2CCCN(Cc3nc(-c4ccc(C(C)(C)C)cc4)no3)C2)CC1. The number of amides is 1. The summed E-state index contributed by atoms with van der Waals surface area (Å²) < 4.78 is 5.54. The number of likely N-dealkylation sites (N-methyl/N-ethyl adjacent to an activating group) is 1. The van der Waals surface area contributed by atoms with E-state index >= 15 is 0 Å². The maximum absolute atomic E-state index is 13.0. The van der Waals surface area contributed by atoms with Crippen LogP contribution < -0.4 is 0 Å². The second kappa shape index (κ2) is 9.09. The van der Waals surface area contributed by atoms with Crippen LogP contribution in [0.2, 0.25) is 0 Å². The van der Waals surface area contributed by atoms with Gasteiger partial charge >= 0.3 is 0 Å². The highest BCUT2D eigenvalue weighted by molar-refractivity contribution is 5.79. The van der Waals surface area contributed by atoms with E-state index in [2.05, 4.69) is 72.0 Å². The maximum atomic E-state index is 13.0. The van der Waals surface area contributed by atoms with Crippen LogP contribution in [0.3, 0.4) is 0 Å². The maximum Gasteiger partial charge on any atom is 0.241 e. The van der Waals surface area contributed by atoms with Gasteiger partial charge in [0.2, 0.25) is 17.6 Å². The summed E-state index contributed by atoms with van der Waals surface area (Å²) in [5.41, 5.74) is 2.36. The largest absolute Gasteiger partial charge is 0.340 e. The minimum Gasteiger partial charge on any atom is -0.340 e. The lowest BCUT2D eigenvalue weighted by molar-refractivity contribution is -0.139. The van der Waals surface area contributed by atoms with Crippen molar-refractivity contribution in [3.63, 3.8) is 0 Å². The molecule has 7 nitrogen and oxygen atoms in total. The Morgan fingerprint density at radius 3 is 2.48 bits per heavy atom. The zero-order valence-corrected chi connectivity index (χ0v) is 19.3. The molecule has 168 valence electrons. The zero-order chi connectivity index (χ0) is 22.0. The van der Waals surface area contributed by atoms with Crippen LogP contribution in [0.25, 0.3) is 11.4 Å². The lowest BCUT2D eigenvalue weighted by Gasteiger charge is -2.37. The van der Waals surface area contributed by atoms with Gasteiger partial charge in [0.25, 0.3) is 0 Å². The molecule has 0 saturated carbocycles. The van der Waals surface area contributed by atoms with Crippen LogP contribution in [0.5, 0.6) is 0 Å². The highest BCUT2D eigenvalue weighted by atomic mass is 16.5. The molecule has 1 aromatic heterocycles. The van der Waals surface area contributed by atoms with Crippen LogP contribution in [0.15, 0.2) is 28.8 Å². The number of rotatable bonds is 4. The van der Waals surface area contributed by atoms with Crippen LogP contribution in [-0.2, 0) is 16.8 Å². The first kappa shape index (κ1) is 22.0. The molecule has 1 aromatic carbocycles. The third-order valence-electron chi connectivity index (χ3n) is 6.51. The van der Waals surface area contributed by atoms with Crippen molar-refractivity contribution < 1.29 is 9.32 Å². The summed E-state index contributed by atoms with van der Waals surface area (Å²) in [6.45, 7) is 12.5. The average molecular weight is 426 g/mol. The standard InChI is InChI=1S/C24H35N5O2/c1-24(2,3)20-9-7-18(8-10-20)22-25-21(31-26-22)17-28-11-5-6-19(16-28)23(30)29-14-12-27(4)13-15-29/h7-10,19H,5-6,11-17H2,1-4H3. The van der Waals surface area contributed by atoms with E-state index in [4.69, 9.17) is 4.52 Å². The minimum absolute atomic E-state index is 0.0736. The summed E-state index contributed by atoms with van der Waals surface area (Å²) in [7, 11) is 2.11. The van der Waals surface area contributed by atoms with E-state index in [9.17, 15) is 4.79 Å². The number of aromatic nitrogens is 2. The molecule has 2 aliphatic heterocycles. The number of nitrogens with zero attached hydrogens (tertiary/aromatic N) is 5. The molecule has 0 aliphatic carbocycles. The van der Waals surface area contributed by atoms with Crippen molar-refractivity contribution >= 4 is 5.91 Å². The molecule has 2 fully saturated rings. The number of carbonyl (C=O) groups is 1. The van der Waals surface area contributed by atoms with Crippen molar-refractivity contribution in [2.45, 2.75) is 45.6 Å². The Kier molecular flexibility index (Phi) is 6.44. The normalized spacial score (nSPS) is 21.4. The summed E-state index contributed by atoms with van der Waals surface area (Å²) >= 11 is 0. The van der Waals surface area contributed by atoms with Gasteiger partial charge in [0.15, 0.2) is 0 Å². The molecule has 31 heavy (non-hydrogen) atoms. The smallest absolute Gasteiger partial charge is 0.241 e. The average Bonchev–Trinajstić information content (AvgIpc) is 3.22. The molecular weight excluding hydrogens is 390 g/mol. The zero-order valence-electron chi connectivity index (χ0n) is 19.3. The van der Waals surface area contributed by atoms with Crippen LogP contribution in [0.1, 0.15) is 45.1 Å². The van der Waals surface area contributed by atoms with Crippen LogP contribution in [0, 0.1) is 5.92 Å². The van der Waals surface area contributed by atoms with Gasteiger partial charge in [-0.3, -0.25) is 9.69 Å². The number of hydrogen-bond donors (Lipinski definition) is 0. The lowest BCUT2D eigenvalue weighted by Crippen LogP contribution is -2.51. The fourth-order valence-electron chi connectivity index (χ4n) is 4.43. The van der Waals surface area contributed by atoms with E-state index in [1.54, 1.807) is 0 Å². The van der Waals surface area contributed by atoms with E-state index < -0.39 is 0 Å². The molecule has 3 heterocycles. The molecule has 2 aromatic rings. The van der Waals surface area contributed by atoms with Crippen LogP contribution >= 0.6 is 0 Å². The van der Waals surface area contributed by atoms with Crippen molar-refractivity contribution in [3.05, 3.63) is 35.7 Å². The van der Waals surface area contributed by atoms with Gasteiger partial charge < -0.3 is 14.3 Å². The predicted molar refractivity (Wildman–Crippen MR) is 121 cm³/mol. The molecule has 1 amide bonds. The fourth-order valence-corrected chi connectivity index (χ4v) is 4.43. The van der Waals surface area contributed by atoms with Gasteiger partial charge in [0.1, 0.15) is 0 Å². The summed E-state index contributed by atoms with van der Waals surface area (Å²) in [6, 6.07) is 8.37. The molecule has 4 rings (SSSR count). The van der Waals surface area contributed by atoms with E-state index in [-0.39, 0.29) is 11.3 Å². The minimum atomic E-state index is 0.0736. The van der Waals surface area contributed by atoms with Crippen LogP contribution in [0.4, 0.5) is 0 Å². The quantitative estimate of drug-likeness (QED) is 0.750. The van der Waals surface area contributed by atoms with E-state index in [0.717, 1.165) is 57.7 Å². The van der Waals surface area contributed by atoms with E-state index in [1.807, 2.05) is 4.90 Å². The Hall–Kier alpha value is -2.25. The lowest BCUT2D eigenvalue weighted by atomic mass is 9.87. The van der Waals surface area contributed by atoms with Gasteiger partial charge in [0.05, 0.1) is 12.5 Å². The Morgan fingerprint density at radius 2 is 1.81 bits per heavy atom. The Labute approximate surface area is 185 Å². The molecule has 0 bridgehead atoms. The molecule has 0 N–H and O–H groups in total. The first-order valence-corrected chi connectivity index (χ1v) is 11.4. The topological polar surface area (TPSA) is 65.7 Å². The van der Waals surface area contributed by atoms with Gasteiger partial charge in [0, 0.05) is 38.3 Å². The molecule has 1 unspecified atom stereocenters. The molecule has 7 heteroatoms. The van der Waals surface area contributed by atoms with Crippen molar-refractivity contribution in [2.75, 3.05) is 46.3 Å². The second-order valence-electron chi connectivity index (χ2n) is 10.0. The first-order chi connectivity index (χ1) is 14.8. The van der Waals surface area contributed by atoms with Gasteiger partial charge in [-0.2, -0.15) is 4.98 Å². The number of piperidine rings is 1. The van der Waals surface area contributed by atoms with Crippen molar-refractivity contribution in [2.24, 2.45) is 5.92 Å². The molecule has 0 spiro atoms. The van der Waals surface area contributed by atoms with Gasteiger partial charge in [-0.15, -0.1) is 0 Å². The Morgan fingerprint density at radius 1 is 1.10 bits per heavy atom. The number of benzene rings is 1. The van der Waals surface area contributed by atoms with Crippen molar-refractivity contribution in [1.82, 2.24) is 24.8 Å². The summed E-state index contributed by atoms with van der Waals surface area (Å²) in [6.07, 6.45) is 2.00. The third kappa shape index (κ3) is 5.33. The Bertz CT molecular complexity index is 878. The van der Waals surface area contributed by atoms with Gasteiger partial charge in [-0.05, 0) is 37.4 Å². The number of hydrogen-bond acceptors (Lipinski definition) is 6. The summed E-state index contributed by atoms with van der Waals surface area (Å²) in [5, 5.41) is 4.19. The fraction of sp³-hybridized carbons (Fsp3) is 0.625. The number of carbonyl (C=O) groups excluding carboxylic acids is 1. The summed E-state index contributed by atoms with van der Waals surface area (Å²) in [4.78, 5) is 24.2. The number of piperazine rings is 1. The first-order valence-electron chi connectivity index (χ1n) is 11.4. The molecule has 2 aliphatic rings. The molecule has 1 atom stereocenters. The van der Waals surface area contributed by atoms with Crippen molar-refractivity contribution in [1.29, 1.82) is 0 Å². The molecular formula is C24H35N5O2. The third-order valence-corrected chi connectivity index (χ3v) is 6.51. The second-order valence-corrected chi connectivity index (χ2v) is 10.0. The highest BCUT2D eigenvalue weighted by Gasteiger charge is 2.31. The van der Waals surface area contributed by atoms with Gasteiger partial charge in [-0.25, -0.2) is 0 Å². The highest BCUT2D eigenvalue weighted by Crippen LogP contribution is 2.26. The molecule has 2 saturated heterocycles. The number of likely N-dealkylation sites (tertiary alicyclic amines) is 1. The molecule has 0 radical (unpaired) electrons. The van der Waals surface area contributed by atoms with Gasteiger partial charge in [-0.1, -0.05) is 50.2 Å². The monoisotopic (exact) mass is 425 g/mol. The Balaban J connectivity index is 1.35. The predicted octanol–water partition coefficient (Wildman–Crippen LogP) is 3.02. The van der Waals surface area contributed by atoms with Crippen molar-refractivity contribution in [3.8, 4) is 11.4 Å². The summed E-state index contributed by atoms with van der Waals surface area (Å²) in [5.74, 6) is 1.62. The van der Waals surface area contributed by atoms with E-state index in [1.165, 1.54) is 5.56 Å². The van der Waals surface area contributed by atoms with E-state index in [0.29, 0.717) is 24.2 Å².